The van der Waals surface area contributed by atoms with Gasteiger partial charge in [-0.05, 0) is 83.4 Å². The lowest BCUT2D eigenvalue weighted by atomic mass is 9.81. The van der Waals surface area contributed by atoms with Crippen LogP contribution in [0.15, 0.2) is 191 Å². The first-order valence-electron chi connectivity index (χ1n) is 19.3. The Morgan fingerprint density at radius 3 is 1.68 bits per heavy atom. The summed E-state index contributed by atoms with van der Waals surface area (Å²) >= 11 is 0. The van der Waals surface area contributed by atoms with Crippen LogP contribution < -0.4 is 20.2 Å². The molecule has 1 unspecified atom stereocenters. The quantitative estimate of drug-likeness (QED) is 0.171. The summed E-state index contributed by atoms with van der Waals surface area (Å²) in [5.41, 5.74) is 11.4. The van der Waals surface area contributed by atoms with Crippen molar-refractivity contribution in [2.24, 2.45) is 0 Å². The van der Waals surface area contributed by atoms with Gasteiger partial charge in [0, 0.05) is 49.3 Å². The molecule has 2 aliphatic rings. The largest absolute Gasteiger partial charge is 0.454 e. The van der Waals surface area contributed by atoms with Crippen LogP contribution >= 0.6 is 0 Å². The highest BCUT2D eigenvalue weighted by Gasteiger charge is 2.29. The molecule has 0 bridgehead atoms. The van der Waals surface area contributed by atoms with Crippen molar-refractivity contribution in [2.45, 2.75) is 12.3 Å². The zero-order valence-corrected chi connectivity index (χ0v) is 30.4. The second kappa shape index (κ2) is 12.1. The van der Waals surface area contributed by atoms with Gasteiger partial charge in [0.1, 0.15) is 11.2 Å². The number of furan rings is 2. The normalized spacial score (nSPS) is 14.6. The fourth-order valence-corrected chi connectivity index (χ4v) is 9.29. The van der Waals surface area contributed by atoms with Gasteiger partial charge in [-0.2, -0.15) is 0 Å². The zero-order chi connectivity index (χ0) is 36.7. The fraction of sp³-hybridized carbons (Fsp3) is 0.0385. The summed E-state index contributed by atoms with van der Waals surface area (Å²) in [5, 5.41) is 9.48. The number of fused-ring (bicyclic) bond motifs is 6. The molecule has 4 heteroatoms. The van der Waals surface area contributed by atoms with Crippen molar-refractivity contribution in [2.75, 3.05) is 9.80 Å². The molecule has 4 nitrogen and oxygen atoms in total. The van der Waals surface area contributed by atoms with E-state index in [-0.39, 0.29) is 5.92 Å². The molecule has 2 aromatic heterocycles. The Morgan fingerprint density at radius 2 is 1.02 bits per heavy atom. The monoisotopic (exact) mass is 718 g/mol. The molecule has 264 valence electrons. The molecular formula is C52H34N2O2. The smallest absolute Gasteiger partial charge is 0.159 e. The standard InChI is InChI=1S/C52H34N2O2/c1-3-13-35(14-4-1)53(45-21-11-19-39-37-17-7-9-23-47(37)55-51(39)45)43-31-27-33-26-30-42-44(32-28-34-25-29-41(43)49(33)50(34)42)54(36-15-5-2-6-16-36)46-22-12-20-40-38-18-8-10-24-48(38)56-52(40)46/h1-25,27-33H,26H2. The summed E-state index contributed by atoms with van der Waals surface area (Å²) < 4.78 is 13.3. The minimum Gasteiger partial charge on any atom is -0.454 e. The molecule has 8 aromatic carbocycles. The van der Waals surface area contributed by atoms with Crippen LogP contribution in [0.4, 0.5) is 28.4 Å². The number of para-hydroxylation sites is 6. The average Bonchev–Trinajstić information content (AvgIpc) is 3.84. The molecule has 0 fully saturated rings. The lowest BCUT2D eigenvalue weighted by Crippen LogP contribution is -2.31. The van der Waals surface area contributed by atoms with Crippen LogP contribution in [0.1, 0.15) is 17.9 Å². The van der Waals surface area contributed by atoms with Gasteiger partial charge in [-0.1, -0.05) is 127 Å². The SMILES string of the molecule is C1=CC2CC=c3c(N(c4ccccc4)c4cccc5c4oc4ccccc45)ccc4ccc(c2c34)=C1N(c1ccccc1)c1cccc2c1oc1ccccc12. The molecule has 0 saturated heterocycles. The first kappa shape index (κ1) is 31.1. The summed E-state index contributed by atoms with van der Waals surface area (Å²) in [5.74, 6) is 0.254. The van der Waals surface area contributed by atoms with Gasteiger partial charge in [-0.3, -0.25) is 0 Å². The highest BCUT2D eigenvalue weighted by molar-refractivity contribution is 6.12. The molecule has 56 heavy (non-hydrogen) atoms. The Balaban J connectivity index is 1.14. The number of hydrogen-bond donors (Lipinski definition) is 0. The van der Waals surface area contributed by atoms with Crippen molar-refractivity contribution in [1.82, 2.24) is 0 Å². The van der Waals surface area contributed by atoms with E-state index < -0.39 is 0 Å². The summed E-state index contributed by atoms with van der Waals surface area (Å²) in [6, 6.07) is 60.2. The fourth-order valence-electron chi connectivity index (χ4n) is 9.29. The van der Waals surface area contributed by atoms with Gasteiger partial charge in [0.15, 0.2) is 11.2 Å². The summed E-state index contributed by atoms with van der Waals surface area (Å²) in [7, 11) is 0. The molecule has 0 N–H and O–H groups in total. The molecule has 0 radical (unpaired) electrons. The molecule has 12 rings (SSSR count). The number of nitrogens with zero attached hydrogens (tertiary/aromatic N) is 2. The van der Waals surface area contributed by atoms with Crippen molar-refractivity contribution in [3.05, 3.63) is 198 Å². The van der Waals surface area contributed by atoms with Crippen LogP contribution in [0.3, 0.4) is 0 Å². The van der Waals surface area contributed by atoms with E-state index in [0.717, 1.165) is 84.4 Å². The summed E-state index contributed by atoms with van der Waals surface area (Å²) in [4.78, 5) is 4.77. The number of anilines is 5. The Hall–Kier alpha value is -7.30. The number of benzene rings is 8. The first-order valence-corrected chi connectivity index (χ1v) is 19.3. The van der Waals surface area contributed by atoms with E-state index in [2.05, 4.69) is 186 Å². The lowest BCUT2D eigenvalue weighted by molar-refractivity contribution is 0.668. The van der Waals surface area contributed by atoms with Gasteiger partial charge in [0.05, 0.1) is 22.8 Å². The minimum absolute atomic E-state index is 0.254. The summed E-state index contributed by atoms with van der Waals surface area (Å²) in [6.07, 6.45) is 8.09. The second-order valence-electron chi connectivity index (χ2n) is 14.8. The molecule has 0 amide bonds. The first-order chi connectivity index (χ1) is 27.8. The maximum atomic E-state index is 6.67. The van der Waals surface area contributed by atoms with Crippen LogP contribution in [0.5, 0.6) is 0 Å². The lowest BCUT2D eigenvalue weighted by Gasteiger charge is -2.32. The second-order valence-corrected chi connectivity index (χ2v) is 14.8. The van der Waals surface area contributed by atoms with E-state index in [1.807, 2.05) is 12.1 Å². The van der Waals surface area contributed by atoms with Crippen molar-refractivity contribution < 1.29 is 8.83 Å². The molecule has 10 aromatic rings. The highest BCUT2D eigenvalue weighted by Crippen LogP contribution is 2.45. The Labute approximate surface area is 322 Å². The van der Waals surface area contributed by atoms with E-state index in [9.17, 15) is 0 Å². The number of allylic oxidation sites excluding steroid dienone is 1. The molecule has 0 spiro atoms. The van der Waals surface area contributed by atoms with Crippen LogP contribution in [-0.2, 0) is 0 Å². The summed E-state index contributed by atoms with van der Waals surface area (Å²) in [6.45, 7) is 0. The van der Waals surface area contributed by atoms with Crippen LogP contribution in [0.2, 0.25) is 0 Å². The van der Waals surface area contributed by atoms with E-state index in [1.165, 1.54) is 26.8 Å². The number of hydrogen-bond acceptors (Lipinski definition) is 4. The van der Waals surface area contributed by atoms with Crippen LogP contribution in [-0.4, -0.2) is 0 Å². The molecule has 1 atom stereocenters. The third-order valence-electron chi connectivity index (χ3n) is 11.7. The average molecular weight is 719 g/mol. The zero-order valence-electron chi connectivity index (χ0n) is 30.4. The number of rotatable bonds is 6. The van der Waals surface area contributed by atoms with Gasteiger partial charge >= 0.3 is 0 Å². The van der Waals surface area contributed by atoms with E-state index >= 15 is 0 Å². The van der Waals surface area contributed by atoms with E-state index in [1.54, 1.807) is 0 Å². The molecule has 2 heterocycles. The third-order valence-corrected chi connectivity index (χ3v) is 11.7. The maximum Gasteiger partial charge on any atom is 0.159 e. The molecule has 2 aliphatic carbocycles. The van der Waals surface area contributed by atoms with Crippen molar-refractivity contribution in [3.8, 4) is 0 Å². The van der Waals surface area contributed by atoms with Gasteiger partial charge < -0.3 is 18.6 Å². The molecular weight excluding hydrogens is 685 g/mol. The molecule has 0 aliphatic heterocycles. The Bertz CT molecular complexity index is 3360. The van der Waals surface area contributed by atoms with Crippen LogP contribution in [0, 0.1) is 0 Å². The van der Waals surface area contributed by atoms with Gasteiger partial charge in [-0.15, -0.1) is 0 Å². The molecule has 0 saturated carbocycles. The van der Waals surface area contributed by atoms with Crippen molar-refractivity contribution in [1.29, 1.82) is 0 Å². The van der Waals surface area contributed by atoms with E-state index in [4.69, 9.17) is 8.83 Å². The van der Waals surface area contributed by atoms with Gasteiger partial charge in [-0.25, -0.2) is 0 Å². The van der Waals surface area contributed by atoms with Gasteiger partial charge in [0.2, 0.25) is 0 Å². The van der Waals surface area contributed by atoms with Crippen LogP contribution in [0.25, 0.3) is 66.4 Å². The Kier molecular flexibility index (Phi) is 6.72. The maximum absolute atomic E-state index is 6.67. The van der Waals surface area contributed by atoms with Crippen molar-refractivity contribution >= 4 is 94.9 Å². The predicted octanol–water partition coefficient (Wildman–Crippen LogP) is 12.9. The van der Waals surface area contributed by atoms with Gasteiger partial charge in [0.25, 0.3) is 0 Å². The topological polar surface area (TPSA) is 32.8 Å². The van der Waals surface area contributed by atoms with Crippen molar-refractivity contribution in [3.63, 3.8) is 0 Å². The minimum atomic E-state index is 0.254. The Morgan fingerprint density at radius 1 is 0.464 bits per heavy atom. The predicted molar refractivity (Wildman–Crippen MR) is 232 cm³/mol. The van der Waals surface area contributed by atoms with E-state index in [0.29, 0.717) is 0 Å². The highest BCUT2D eigenvalue weighted by atomic mass is 16.3. The third kappa shape index (κ3) is 4.53.